The number of benzene rings is 1. The second-order valence-electron chi connectivity index (χ2n) is 6.97. The summed E-state index contributed by atoms with van der Waals surface area (Å²) < 4.78 is 7.15. The molecular formula is C21H24N6O2. The fraction of sp³-hybridized carbons (Fsp3) is 0.333. The van der Waals surface area contributed by atoms with Crippen LogP contribution in [0.3, 0.4) is 0 Å². The monoisotopic (exact) mass is 392 g/mol. The van der Waals surface area contributed by atoms with Gasteiger partial charge in [-0.15, -0.1) is 10.2 Å². The molecule has 0 atom stereocenters. The van der Waals surface area contributed by atoms with Gasteiger partial charge in [0, 0.05) is 38.7 Å². The zero-order valence-electron chi connectivity index (χ0n) is 16.1. The van der Waals surface area contributed by atoms with Crippen molar-refractivity contribution in [3.63, 3.8) is 0 Å². The summed E-state index contributed by atoms with van der Waals surface area (Å²) in [6.45, 7) is 2.25. The molecule has 0 bridgehead atoms. The first-order chi connectivity index (χ1) is 14.3. The number of amides is 1. The van der Waals surface area contributed by atoms with Crippen LogP contribution in [-0.2, 0) is 14.9 Å². The molecule has 2 N–H and O–H groups in total. The van der Waals surface area contributed by atoms with E-state index in [9.17, 15) is 4.79 Å². The Bertz CT molecular complexity index is 906. The third kappa shape index (κ3) is 4.27. The molecule has 0 spiro atoms. The van der Waals surface area contributed by atoms with Gasteiger partial charge in [-0.3, -0.25) is 4.79 Å². The maximum absolute atomic E-state index is 13.1. The summed E-state index contributed by atoms with van der Waals surface area (Å²) in [4.78, 5) is 13.1. The Hall–Kier alpha value is -3.26. The molecule has 3 aromatic rings. The van der Waals surface area contributed by atoms with Crippen molar-refractivity contribution in [3.8, 4) is 5.82 Å². The van der Waals surface area contributed by atoms with Gasteiger partial charge in [-0.05, 0) is 36.6 Å². The minimum absolute atomic E-state index is 0.0499. The summed E-state index contributed by atoms with van der Waals surface area (Å²) >= 11 is 0. The van der Waals surface area contributed by atoms with Gasteiger partial charge in [-0.25, -0.2) is 4.68 Å². The minimum Gasteiger partial charge on any atom is -0.381 e. The third-order valence-corrected chi connectivity index (χ3v) is 5.21. The molecule has 1 fully saturated rings. The van der Waals surface area contributed by atoms with Crippen molar-refractivity contribution in [1.29, 1.82) is 0 Å². The van der Waals surface area contributed by atoms with E-state index >= 15 is 0 Å². The number of hydrogen-bond donors (Lipinski definition) is 2. The number of ether oxygens (including phenoxy) is 1. The van der Waals surface area contributed by atoms with Crippen LogP contribution in [-0.4, -0.2) is 52.2 Å². The summed E-state index contributed by atoms with van der Waals surface area (Å²) in [5.41, 5.74) is 0.527. The second kappa shape index (κ2) is 8.83. The van der Waals surface area contributed by atoms with E-state index in [1.807, 2.05) is 54.7 Å². The zero-order chi connectivity index (χ0) is 19.9. The Morgan fingerprint density at radius 2 is 1.86 bits per heavy atom. The van der Waals surface area contributed by atoms with Crippen LogP contribution in [0.15, 0.2) is 60.9 Å². The number of nitrogens with zero attached hydrogens (tertiary/aromatic N) is 4. The Balaban J connectivity index is 1.32. The molecule has 1 amide bonds. The van der Waals surface area contributed by atoms with Crippen LogP contribution in [0.1, 0.15) is 18.4 Å². The van der Waals surface area contributed by atoms with Gasteiger partial charge in [0.15, 0.2) is 5.82 Å². The van der Waals surface area contributed by atoms with Gasteiger partial charge in [-0.2, -0.15) is 5.10 Å². The van der Waals surface area contributed by atoms with Crippen molar-refractivity contribution in [2.75, 3.05) is 31.6 Å². The van der Waals surface area contributed by atoms with Crippen LogP contribution in [0.4, 0.5) is 5.82 Å². The molecule has 8 nitrogen and oxygen atoms in total. The van der Waals surface area contributed by atoms with Gasteiger partial charge >= 0.3 is 0 Å². The SMILES string of the molecule is O=C(NCCNc1ccc(-n2cccn2)nn1)C1(c2ccccc2)CCOCC1. The van der Waals surface area contributed by atoms with E-state index in [1.54, 1.807) is 10.9 Å². The zero-order valence-corrected chi connectivity index (χ0v) is 16.1. The number of anilines is 1. The Labute approximate surface area is 169 Å². The standard InChI is InChI=1S/C21H24N6O2/c28-20(21(9-15-29-16-10-21)17-5-2-1-3-6-17)23-13-12-22-18-7-8-19(26-25-18)27-14-4-11-24-27/h1-8,11,14H,9-10,12-13,15-16H2,(H,22,25)(H,23,28). The molecule has 3 heterocycles. The van der Waals surface area contributed by atoms with Gasteiger partial charge in [-0.1, -0.05) is 30.3 Å². The minimum atomic E-state index is -0.523. The number of carbonyl (C=O) groups excluding carboxylic acids is 1. The molecule has 1 saturated heterocycles. The van der Waals surface area contributed by atoms with Crippen LogP contribution < -0.4 is 10.6 Å². The number of carbonyl (C=O) groups is 1. The molecule has 29 heavy (non-hydrogen) atoms. The topological polar surface area (TPSA) is 94.0 Å². The van der Waals surface area contributed by atoms with E-state index in [2.05, 4.69) is 25.9 Å². The lowest BCUT2D eigenvalue weighted by Gasteiger charge is -2.36. The average molecular weight is 392 g/mol. The molecule has 0 unspecified atom stereocenters. The summed E-state index contributed by atoms with van der Waals surface area (Å²) in [5, 5.41) is 18.7. The molecule has 1 aliphatic heterocycles. The van der Waals surface area contributed by atoms with Gasteiger partial charge in [0.2, 0.25) is 5.91 Å². The van der Waals surface area contributed by atoms with Crippen LogP contribution in [0.5, 0.6) is 0 Å². The Kier molecular flexibility index (Phi) is 5.81. The van der Waals surface area contributed by atoms with Gasteiger partial charge in [0.25, 0.3) is 0 Å². The first-order valence-electron chi connectivity index (χ1n) is 9.77. The van der Waals surface area contributed by atoms with E-state index in [4.69, 9.17) is 4.74 Å². The fourth-order valence-corrected chi connectivity index (χ4v) is 3.61. The number of rotatable bonds is 7. The highest BCUT2D eigenvalue weighted by Gasteiger charge is 2.41. The van der Waals surface area contributed by atoms with E-state index in [0.717, 1.165) is 5.56 Å². The molecule has 1 aromatic carbocycles. The lowest BCUT2D eigenvalue weighted by molar-refractivity contribution is -0.130. The maximum atomic E-state index is 13.1. The highest BCUT2D eigenvalue weighted by atomic mass is 16.5. The van der Waals surface area contributed by atoms with Crippen LogP contribution in [0.2, 0.25) is 0 Å². The van der Waals surface area contributed by atoms with Crippen molar-refractivity contribution in [2.45, 2.75) is 18.3 Å². The first kappa shape index (κ1) is 19.1. The summed E-state index contributed by atoms with van der Waals surface area (Å²) in [6, 6.07) is 15.5. The first-order valence-corrected chi connectivity index (χ1v) is 9.77. The van der Waals surface area contributed by atoms with E-state index in [-0.39, 0.29) is 5.91 Å². The largest absolute Gasteiger partial charge is 0.381 e. The predicted molar refractivity (Wildman–Crippen MR) is 109 cm³/mol. The average Bonchev–Trinajstić information content (AvgIpc) is 3.33. The summed E-state index contributed by atoms with van der Waals surface area (Å²) in [5.74, 6) is 1.35. The number of aromatic nitrogens is 4. The van der Waals surface area contributed by atoms with Crippen LogP contribution in [0, 0.1) is 0 Å². The van der Waals surface area contributed by atoms with E-state index in [0.29, 0.717) is 50.8 Å². The molecule has 0 saturated carbocycles. The molecule has 0 radical (unpaired) electrons. The van der Waals surface area contributed by atoms with Crippen molar-refractivity contribution >= 4 is 11.7 Å². The van der Waals surface area contributed by atoms with E-state index in [1.165, 1.54) is 0 Å². The second-order valence-corrected chi connectivity index (χ2v) is 6.97. The molecule has 1 aliphatic rings. The highest BCUT2D eigenvalue weighted by Crippen LogP contribution is 2.35. The maximum Gasteiger partial charge on any atom is 0.230 e. The summed E-state index contributed by atoms with van der Waals surface area (Å²) in [7, 11) is 0. The number of hydrogen-bond acceptors (Lipinski definition) is 6. The third-order valence-electron chi connectivity index (χ3n) is 5.21. The molecule has 2 aromatic heterocycles. The summed E-state index contributed by atoms with van der Waals surface area (Å²) in [6.07, 6.45) is 4.88. The Morgan fingerprint density at radius 3 is 2.55 bits per heavy atom. The lowest BCUT2D eigenvalue weighted by Crippen LogP contribution is -2.49. The quantitative estimate of drug-likeness (QED) is 0.597. The van der Waals surface area contributed by atoms with Crippen molar-refractivity contribution in [3.05, 3.63) is 66.5 Å². The molecule has 4 rings (SSSR count). The van der Waals surface area contributed by atoms with Crippen molar-refractivity contribution < 1.29 is 9.53 Å². The lowest BCUT2D eigenvalue weighted by atomic mass is 9.73. The normalized spacial score (nSPS) is 15.6. The fourth-order valence-electron chi connectivity index (χ4n) is 3.61. The Morgan fingerprint density at radius 1 is 1.03 bits per heavy atom. The van der Waals surface area contributed by atoms with Crippen LogP contribution in [0.25, 0.3) is 5.82 Å². The predicted octanol–water partition coefficient (Wildman–Crippen LogP) is 1.94. The highest BCUT2D eigenvalue weighted by molar-refractivity contribution is 5.88. The van der Waals surface area contributed by atoms with E-state index < -0.39 is 5.41 Å². The smallest absolute Gasteiger partial charge is 0.230 e. The molecule has 0 aliphatic carbocycles. The molecule has 8 heteroatoms. The van der Waals surface area contributed by atoms with Crippen molar-refractivity contribution in [1.82, 2.24) is 25.3 Å². The van der Waals surface area contributed by atoms with Gasteiger partial charge in [0.05, 0.1) is 5.41 Å². The van der Waals surface area contributed by atoms with Gasteiger partial charge in [0.1, 0.15) is 5.82 Å². The van der Waals surface area contributed by atoms with Crippen LogP contribution >= 0.6 is 0 Å². The van der Waals surface area contributed by atoms with Crippen molar-refractivity contribution in [2.24, 2.45) is 0 Å². The number of nitrogens with one attached hydrogen (secondary N) is 2. The molecular weight excluding hydrogens is 368 g/mol. The molecule has 150 valence electrons. The van der Waals surface area contributed by atoms with Gasteiger partial charge < -0.3 is 15.4 Å².